The van der Waals surface area contributed by atoms with Gasteiger partial charge in [0.15, 0.2) is 0 Å². The zero-order valence-electron chi connectivity index (χ0n) is 11.3. The number of non-ortho nitro benzene ring substituents is 1. The van der Waals surface area contributed by atoms with Crippen molar-refractivity contribution in [3.63, 3.8) is 0 Å². The third-order valence-corrected chi connectivity index (χ3v) is 1.63. The van der Waals surface area contributed by atoms with Crippen LogP contribution in [-0.2, 0) is 4.74 Å². The zero-order valence-corrected chi connectivity index (χ0v) is 11.3. The summed E-state index contributed by atoms with van der Waals surface area (Å²) < 4.78 is 9.63. The van der Waals surface area contributed by atoms with Crippen molar-refractivity contribution in [2.24, 2.45) is 0 Å². The topological polar surface area (TPSA) is 81.8 Å². The summed E-state index contributed by atoms with van der Waals surface area (Å²) in [4.78, 5) is 9.87. The van der Waals surface area contributed by atoms with Gasteiger partial charge in [-0.25, -0.2) is 0 Å². The summed E-state index contributed by atoms with van der Waals surface area (Å²) in [6, 6.07) is 6.13. The summed E-state index contributed by atoms with van der Waals surface area (Å²) in [5.74, 6) is 0.534. The number of rotatable bonds is 4. The predicted octanol–water partition coefficient (Wildman–Crippen LogP) is 2.25. The molecule has 0 aromatic heterocycles. The Balaban J connectivity index is 0. The van der Waals surface area contributed by atoms with E-state index in [1.165, 1.54) is 12.1 Å². The van der Waals surface area contributed by atoms with Crippen LogP contribution in [0.3, 0.4) is 0 Å². The maximum Gasteiger partial charge on any atom is 0.273 e. The van der Waals surface area contributed by atoms with Gasteiger partial charge < -0.3 is 14.6 Å². The third kappa shape index (κ3) is 9.56. The standard InChI is InChI=1S/C8H9NO3.C3H8O.CH4O/c1-2-12-8-5-3-4-7(6-8)9(10)11;1-3-4-2;1-2/h3-6H,2H2,1H3;3H2,1-2H3;2H,1H3. The summed E-state index contributed by atoms with van der Waals surface area (Å²) in [5.41, 5.74) is 0.0564. The fourth-order valence-corrected chi connectivity index (χ4v) is 0.854. The highest BCUT2D eigenvalue weighted by Crippen LogP contribution is 2.18. The Kier molecular flexibility index (Phi) is 13.9. The Morgan fingerprint density at radius 2 is 1.83 bits per heavy atom. The highest BCUT2D eigenvalue weighted by atomic mass is 16.6. The molecule has 0 bridgehead atoms. The predicted molar refractivity (Wildman–Crippen MR) is 70.0 cm³/mol. The molecule has 6 heteroatoms. The Morgan fingerprint density at radius 1 is 1.28 bits per heavy atom. The van der Waals surface area contributed by atoms with Crippen molar-refractivity contribution in [3.8, 4) is 5.75 Å². The van der Waals surface area contributed by atoms with Gasteiger partial charge in [-0.05, 0) is 19.9 Å². The quantitative estimate of drug-likeness (QED) is 0.662. The first-order valence-corrected chi connectivity index (χ1v) is 5.46. The van der Waals surface area contributed by atoms with Crippen LogP contribution in [0, 0.1) is 10.1 Å². The highest BCUT2D eigenvalue weighted by Gasteiger charge is 2.04. The van der Waals surface area contributed by atoms with Crippen molar-refractivity contribution in [1.29, 1.82) is 0 Å². The van der Waals surface area contributed by atoms with Crippen molar-refractivity contribution in [3.05, 3.63) is 34.4 Å². The molecule has 1 rings (SSSR count). The molecule has 0 radical (unpaired) electrons. The van der Waals surface area contributed by atoms with Gasteiger partial charge in [0.2, 0.25) is 0 Å². The summed E-state index contributed by atoms with van der Waals surface area (Å²) in [7, 11) is 2.68. The van der Waals surface area contributed by atoms with Gasteiger partial charge in [0, 0.05) is 26.9 Å². The lowest BCUT2D eigenvalue weighted by atomic mass is 10.3. The number of benzene rings is 1. The fraction of sp³-hybridized carbons (Fsp3) is 0.500. The molecule has 0 atom stereocenters. The maximum atomic E-state index is 10.3. The van der Waals surface area contributed by atoms with Gasteiger partial charge in [-0.1, -0.05) is 6.07 Å². The average molecular weight is 259 g/mol. The van der Waals surface area contributed by atoms with Crippen LogP contribution in [0.2, 0.25) is 0 Å². The molecule has 1 aromatic carbocycles. The molecule has 1 N–H and O–H groups in total. The van der Waals surface area contributed by atoms with Crippen LogP contribution in [0.5, 0.6) is 5.75 Å². The lowest BCUT2D eigenvalue weighted by Crippen LogP contribution is -1.93. The van der Waals surface area contributed by atoms with Gasteiger partial charge in [-0.3, -0.25) is 10.1 Å². The third-order valence-electron chi connectivity index (χ3n) is 1.63. The number of aliphatic hydroxyl groups excluding tert-OH is 1. The van der Waals surface area contributed by atoms with Crippen molar-refractivity contribution < 1.29 is 19.5 Å². The van der Waals surface area contributed by atoms with E-state index in [1.807, 2.05) is 13.8 Å². The van der Waals surface area contributed by atoms with Crippen LogP contribution < -0.4 is 4.74 Å². The van der Waals surface area contributed by atoms with E-state index in [0.29, 0.717) is 12.4 Å². The minimum absolute atomic E-state index is 0.0564. The van der Waals surface area contributed by atoms with E-state index >= 15 is 0 Å². The molecule has 6 nitrogen and oxygen atoms in total. The Bertz CT molecular complexity index is 315. The number of nitrogens with zero attached hydrogens (tertiary/aromatic N) is 1. The molecular weight excluding hydrogens is 238 g/mol. The number of methoxy groups -OCH3 is 1. The van der Waals surface area contributed by atoms with Crippen LogP contribution in [-0.4, -0.2) is 37.5 Å². The van der Waals surface area contributed by atoms with Crippen LogP contribution in [0.4, 0.5) is 5.69 Å². The maximum absolute atomic E-state index is 10.3. The molecule has 0 unspecified atom stereocenters. The Hall–Kier alpha value is -1.66. The molecule has 0 fully saturated rings. The van der Waals surface area contributed by atoms with Gasteiger partial charge in [0.1, 0.15) is 5.75 Å². The monoisotopic (exact) mass is 259 g/mol. The molecule has 104 valence electrons. The number of hydrogen-bond donors (Lipinski definition) is 1. The number of ether oxygens (including phenoxy) is 2. The molecule has 0 aliphatic heterocycles. The molecule has 0 spiro atoms. The van der Waals surface area contributed by atoms with E-state index in [-0.39, 0.29) is 5.69 Å². The summed E-state index contributed by atoms with van der Waals surface area (Å²) in [5, 5.41) is 17.3. The fourth-order valence-electron chi connectivity index (χ4n) is 0.854. The smallest absolute Gasteiger partial charge is 0.273 e. The Labute approximate surface area is 107 Å². The zero-order chi connectivity index (χ0) is 14.4. The SMILES string of the molecule is CCOC.CCOc1cccc([N+](=O)[O-])c1.CO. The first-order chi connectivity index (χ1) is 8.65. The van der Waals surface area contributed by atoms with Gasteiger partial charge >= 0.3 is 0 Å². The molecule has 0 amide bonds. The lowest BCUT2D eigenvalue weighted by Gasteiger charge is -2.00. The molecule has 0 heterocycles. The van der Waals surface area contributed by atoms with Gasteiger partial charge in [0.25, 0.3) is 5.69 Å². The molecule has 0 saturated carbocycles. The minimum atomic E-state index is -0.442. The average Bonchev–Trinajstić information content (AvgIpc) is 2.42. The second-order valence-electron chi connectivity index (χ2n) is 2.76. The molecule has 0 aliphatic rings. The summed E-state index contributed by atoms with van der Waals surface area (Å²) in [6.07, 6.45) is 0. The summed E-state index contributed by atoms with van der Waals surface area (Å²) >= 11 is 0. The van der Waals surface area contributed by atoms with E-state index in [9.17, 15) is 10.1 Å². The molecule has 18 heavy (non-hydrogen) atoms. The Morgan fingerprint density at radius 3 is 2.22 bits per heavy atom. The molecule has 1 aromatic rings. The van der Waals surface area contributed by atoms with E-state index in [0.717, 1.165) is 13.7 Å². The van der Waals surface area contributed by atoms with Crippen molar-refractivity contribution in [2.75, 3.05) is 27.4 Å². The van der Waals surface area contributed by atoms with Gasteiger partial charge in [-0.15, -0.1) is 0 Å². The number of hydrogen-bond acceptors (Lipinski definition) is 5. The minimum Gasteiger partial charge on any atom is -0.494 e. The van der Waals surface area contributed by atoms with Gasteiger partial charge in [-0.2, -0.15) is 0 Å². The molecule has 0 saturated heterocycles. The molecular formula is C12H21NO5. The molecule has 0 aliphatic carbocycles. The van der Waals surface area contributed by atoms with Crippen molar-refractivity contribution in [2.45, 2.75) is 13.8 Å². The first kappa shape index (κ1) is 18.7. The first-order valence-electron chi connectivity index (χ1n) is 5.46. The second kappa shape index (κ2) is 13.4. The highest BCUT2D eigenvalue weighted by molar-refractivity contribution is 5.37. The largest absolute Gasteiger partial charge is 0.494 e. The lowest BCUT2D eigenvalue weighted by molar-refractivity contribution is -0.384. The number of nitro benzene ring substituents is 1. The van der Waals surface area contributed by atoms with Crippen LogP contribution in [0.25, 0.3) is 0 Å². The number of nitro groups is 1. The van der Waals surface area contributed by atoms with Gasteiger partial charge in [0.05, 0.1) is 17.6 Å². The van der Waals surface area contributed by atoms with Crippen LogP contribution in [0.1, 0.15) is 13.8 Å². The van der Waals surface area contributed by atoms with E-state index in [4.69, 9.17) is 9.84 Å². The normalized spacial score (nSPS) is 8.28. The van der Waals surface area contributed by atoms with Crippen molar-refractivity contribution in [1.82, 2.24) is 0 Å². The number of aliphatic hydroxyl groups is 1. The van der Waals surface area contributed by atoms with E-state index in [1.54, 1.807) is 19.2 Å². The van der Waals surface area contributed by atoms with Crippen molar-refractivity contribution >= 4 is 5.69 Å². The van der Waals surface area contributed by atoms with E-state index < -0.39 is 4.92 Å². The summed E-state index contributed by atoms with van der Waals surface area (Å²) in [6.45, 7) is 5.13. The van der Waals surface area contributed by atoms with Crippen LogP contribution >= 0.6 is 0 Å². The second-order valence-corrected chi connectivity index (χ2v) is 2.76. The van der Waals surface area contributed by atoms with E-state index in [2.05, 4.69) is 4.74 Å². The van der Waals surface area contributed by atoms with Crippen LogP contribution in [0.15, 0.2) is 24.3 Å².